The molecular formula is C22H30N4O2. The van der Waals surface area contributed by atoms with Crippen molar-refractivity contribution < 1.29 is 9.53 Å². The molecule has 3 N–H and O–H groups in total. The van der Waals surface area contributed by atoms with Gasteiger partial charge in [-0.15, -0.1) is 0 Å². The molecule has 0 spiro atoms. The molecule has 2 rings (SSSR count). The van der Waals surface area contributed by atoms with Crippen molar-refractivity contribution in [2.45, 2.75) is 39.5 Å². The first-order valence-corrected chi connectivity index (χ1v) is 9.39. The standard InChI is InChI=1S/C22H30N4O2/c1-22(2,3)28-19-13-9-8-12-18(19)15-25-21(23-4)26-16-20(27)24-14-17-10-6-5-7-11-17/h5-13H,14-16H2,1-4H3,(H,24,27)(H2,23,25,26). The second-order valence-electron chi connectivity index (χ2n) is 7.36. The molecule has 0 saturated carbocycles. The zero-order valence-corrected chi connectivity index (χ0v) is 17.1. The van der Waals surface area contributed by atoms with Crippen LogP contribution in [0.2, 0.25) is 0 Å². The van der Waals surface area contributed by atoms with Crippen LogP contribution in [0.4, 0.5) is 0 Å². The number of carbonyl (C=O) groups is 1. The normalized spacial score (nSPS) is 11.6. The van der Waals surface area contributed by atoms with E-state index in [1.807, 2.05) is 75.4 Å². The van der Waals surface area contributed by atoms with Crippen LogP contribution in [-0.2, 0) is 17.9 Å². The maximum Gasteiger partial charge on any atom is 0.239 e. The molecular weight excluding hydrogens is 352 g/mol. The van der Waals surface area contributed by atoms with Crippen molar-refractivity contribution in [3.05, 3.63) is 65.7 Å². The molecule has 0 aliphatic heterocycles. The van der Waals surface area contributed by atoms with E-state index in [1.165, 1.54) is 0 Å². The molecule has 0 aliphatic rings. The fraction of sp³-hybridized carbons (Fsp3) is 0.364. The van der Waals surface area contributed by atoms with Gasteiger partial charge in [-0.05, 0) is 32.4 Å². The Balaban J connectivity index is 1.81. The molecule has 0 fully saturated rings. The van der Waals surface area contributed by atoms with Crippen LogP contribution in [0.5, 0.6) is 5.75 Å². The quantitative estimate of drug-likeness (QED) is 0.508. The SMILES string of the molecule is CN=C(NCC(=O)NCc1ccccc1)NCc1ccccc1OC(C)(C)C. The van der Waals surface area contributed by atoms with Crippen molar-refractivity contribution in [2.75, 3.05) is 13.6 Å². The number of benzene rings is 2. The van der Waals surface area contributed by atoms with Gasteiger partial charge in [-0.25, -0.2) is 0 Å². The number of guanidine groups is 1. The number of amides is 1. The third-order valence-corrected chi connectivity index (χ3v) is 3.81. The zero-order valence-electron chi connectivity index (χ0n) is 17.1. The first-order chi connectivity index (χ1) is 13.4. The lowest BCUT2D eigenvalue weighted by Gasteiger charge is -2.23. The van der Waals surface area contributed by atoms with Gasteiger partial charge in [-0.3, -0.25) is 9.79 Å². The van der Waals surface area contributed by atoms with E-state index in [9.17, 15) is 4.79 Å². The minimum Gasteiger partial charge on any atom is -0.488 e. The average molecular weight is 383 g/mol. The summed E-state index contributed by atoms with van der Waals surface area (Å²) in [6.07, 6.45) is 0. The first-order valence-electron chi connectivity index (χ1n) is 9.39. The van der Waals surface area contributed by atoms with Crippen molar-refractivity contribution in [1.29, 1.82) is 0 Å². The highest BCUT2D eigenvalue weighted by atomic mass is 16.5. The minimum atomic E-state index is -0.271. The summed E-state index contributed by atoms with van der Waals surface area (Å²) in [7, 11) is 1.68. The van der Waals surface area contributed by atoms with Gasteiger partial charge in [0.1, 0.15) is 11.4 Å². The Morgan fingerprint density at radius 2 is 1.61 bits per heavy atom. The van der Waals surface area contributed by atoms with E-state index in [1.54, 1.807) is 7.05 Å². The van der Waals surface area contributed by atoms with Gasteiger partial charge < -0.3 is 20.7 Å². The average Bonchev–Trinajstić information content (AvgIpc) is 2.67. The van der Waals surface area contributed by atoms with Crippen molar-refractivity contribution >= 4 is 11.9 Å². The molecule has 0 aliphatic carbocycles. The summed E-state index contributed by atoms with van der Waals surface area (Å²) in [6.45, 7) is 7.25. The highest BCUT2D eigenvalue weighted by molar-refractivity contribution is 5.86. The molecule has 2 aromatic rings. The number of para-hydroxylation sites is 1. The number of carbonyl (C=O) groups excluding carboxylic acids is 1. The van der Waals surface area contributed by atoms with Crippen molar-refractivity contribution in [1.82, 2.24) is 16.0 Å². The van der Waals surface area contributed by atoms with Crippen LogP contribution in [0.3, 0.4) is 0 Å². The number of nitrogens with one attached hydrogen (secondary N) is 3. The van der Waals surface area contributed by atoms with E-state index in [2.05, 4.69) is 20.9 Å². The minimum absolute atomic E-state index is 0.0942. The number of hydrogen-bond donors (Lipinski definition) is 3. The van der Waals surface area contributed by atoms with E-state index < -0.39 is 0 Å². The molecule has 0 unspecified atom stereocenters. The Bertz CT molecular complexity index is 783. The number of rotatable bonds is 7. The lowest BCUT2D eigenvalue weighted by Crippen LogP contribution is -2.42. The van der Waals surface area contributed by atoms with Gasteiger partial charge in [-0.1, -0.05) is 48.5 Å². The summed E-state index contributed by atoms with van der Waals surface area (Å²) in [6, 6.07) is 17.7. The van der Waals surface area contributed by atoms with Crippen LogP contribution in [0.25, 0.3) is 0 Å². The Labute approximate surface area is 167 Å². The molecule has 2 aromatic carbocycles. The van der Waals surface area contributed by atoms with Crippen LogP contribution < -0.4 is 20.7 Å². The third kappa shape index (κ3) is 7.70. The third-order valence-electron chi connectivity index (χ3n) is 3.81. The Morgan fingerprint density at radius 3 is 2.29 bits per heavy atom. The fourth-order valence-corrected chi connectivity index (χ4v) is 2.50. The summed E-state index contributed by atoms with van der Waals surface area (Å²) in [5.74, 6) is 1.29. The fourth-order valence-electron chi connectivity index (χ4n) is 2.50. The van der Waals surface area contributed by atoms with Gasteiger partial charge in [0.2, 0.25) is 5.91 Å². The Kier molecular flexibility index (Phi) is 7.87. The van der Waals surface area contributed by atoms with Gasteiger partial charge >= 0.3 is 0 Å². The van der Waals surface area contributed by atoms with E-state index in [4.69, 9.17) is 4.74 Å². The monoisotopic (exact) mass is 382 g/mol. The lowest BCUT2D eigenvalue weighted by molar-refractivity contribution is -0.120. The van der Waals surface area contributed by atoms with Crippen molar-refractivity contribution in [3.63, 3.8) is 0 Å². The predicted molar refractivity (Wildman–Crippen MR) is 113 cm³/mol. The molecule has 6 nitrogen and oxygen atoms in total. The first kappa shape index (κ1) is 21.3. The second-order valence-corrected chi connectivity index (χ2v) is 7.36. The number of hydrogen-bond acceptors (Lipinski definition) is 3. The highest BCUT2D eigenvalue weighted by Crippen LogP contribution is 2.22. The number of aliphatic imine (C=N–C) groups is 1. The van der Waals surface area contributed by atoms with Gasteiger partial charge in [-0.2, -0.15) is 0 Å². The van der Waals surface area contributed by atoms with Gasteiger partial charge in [0.15, 0.2) is 5.96 Å². The van der Waals surface area contributed by atoms with E-state index >= 15 is 0 Å². The Morgan fingerprint density at radius 1 is 0.929 bits per heavy atom. The smallest absolute Gasteiger partial charge is 0.239 e. The van der Waals surface area contributed by atoms with Gasteiger partial charge in [0, 0.05) is 25.7 Å². The summed E-state index contributed by atoms with van der Waals surface area (Å²) in [5, 5.41) is 9.13. The second kappa shape index (κ2) is 10.3. The van der Waals surface area contributed by atoms with Crippen LogP contribution in [0.15, 0.2) is 59.6 Å². The van der Waals surface area contributed by atoms with E-state index in [0.717, 1.165) is 16.9 Å². The van der Waals surface area contributed by atoms with E-state index in [-0.39, 0.29) is 18.1 Å². The molecule has 28 heavy (non-hydrogen) atoms. The summed E-state index contributed by atoms with van der Waals surface area (Å²) < 4.78 is 6.01. The largest absolute Gasteiger partial charge is 0.488 e. The topological polar surface area (TPSA) is 74.8 Å². The molecule has 0 heterocycles. The maximum absolute atomic E-state index is 12.0. The lowest BCUT2D eigenvalue weighted by atomic mass is 10.1. The summed E-state index contributed by atoms with van der Waals surface area (Å²) >= 11 is 0. The number of nitrogens with zero attached hydrogens (tertiary/aromatic N) is 1. The van der Waals surface area contributed by atoms with Crippen LogP contribution in [-0.4, -0.2) is 31.1 Å². The maximum atomic E-state index is 12.0. The highest BCUT2D eigenvalue weighted by Gasteiger charge is 2.14. The molecule has 0 aromatic heterocycles. The molecule has 0 atom stereocenters. The molecule has 0 radical (unpaired) electrons. The molecule has 0 saturated heterocycles. The molecule has 150 valence electrons. The van der Waals surface area contributed by atoms with Crippen LogP contribution in [0.1, 0.15) is 31.9 Å². The molecule has 1 amide bonds. The molecule has 6 heteroatoms. The molecule has 0 bridgehead atoms. The Hall–Kier alpha value is -3.02. The number of ether oxygens (including phenoxy) is 1. The van der Waals surface area contributed by atoms with Gasteiger partial charge in [0.25, 0.3) is 0 Å². The van der Waals surface area contributed by atoms with Crippen molar-refractivity contribution in [2.24, 2.45) is 4.99 Å². The zero-order chi connectivity index (χ0) is 20.4. The summed E-state index contributed by atoms with van der Waals surface area (Å²) in [4.78, 5) is 16.2. The van der Waals surface area contributed by atoms with Crippen LogP contribution in [0, 0.1) is 0 Å². The summed E-state index contributed by atoms with van der Waals surface area (Å²) in [5.41, 5.74) is 1.81. The van der Waals surface area contributed by atoms with Gasteiger partial charge in [0.05, 0.1) is 6.54 Å². The van der Waals surface area contributed by atoms with Crippen LogP contribution >= 0.6 is 0 Å². The van der Waals surface area contributed by atoms with Crippen molar-refractivity contribution in [3.8, 4) is 5.75 Å². The van der Waals surface area contributed by atoms with E-state index in [0.29, 0.717) is 19.0 Å². The predicted octanol–water partition coefficient (Wildman–Crippen LogP) is 2.85.